The Labute approximate surface area is 186 Å². The number of aromatic nitrogens is 3. The Morgan fingerprint density at radius 2 is 1.97 bits per heavy atom. The van der Waals surface area contributed by atoms with E-state index in [1.165, 1.54) is 15.7 Å². The van der Waals surface area contributed by atoms with Crippen LogP contribution in [0.15, 0.2) is 53.0 Å². The van der Waals surface area contributed by atoms with Crippen LogP contribution in [0.2, 0.25) is 0 Å². The van der Waals surface area contributed by atoms with Crippen molar-refractivity contribution in [3.63, 3.8) is 0 Å². The van der Waals surface area contributed by atoms with Gasteiger partial charge in [-0.25, -0.2) is 4.98 Å². The molecule has 4 aromatic rings. The van der Waals surface area contributed by atoms with E-state index in [4.69, 9.17) is 5.11 Å². The summed E-state index contributed by atoms with van der Waals surface area (Å²) in [5.74, 6) is -1.44. The van der Waals surface area contributed by atoms with Gasteiger partial charge >= 0.3 is 5.97 Å². The first kappa shape index (κ1) is 20.3. The minimum atomic E-state index is -0.780. The lowest BCUT2D eigenvalue weighted by Crippen LogP contribution is -2.39. The molecule has 1 aliphatic rings. The van der Waals surface area contributed by atoms with Gasteiger partial charge in [0.1, 0.15) is 0 Å². The molecule has 5 rings (SSSR count). The van der Waals surface area contributed by atoms with Crippen LogP contribution in [0.1, 0.15) is 36.0 Å². The molecular formula is C23H20N4O4S. The Balaban J connectivity index is 1.48. The number of carbonyl (C=O) groups excluding carboxylic acids is 1. The zero-order valence-corrected chi connectivity index (χ0v) is 17.8. The molecule has 0 saturated heterocycles. The molecule has 1 amide bonds. The van der Waals surface area contributed by atoms with Crippen LogP contribution in [0.3, 0.4) is 0 Å². The number of pyridine rings is 1. The Hall–Kier alpha value is -3.59. The lowest BCUT2D eigenvalue weighted by molar-refractivity contribution is -0.142. The van der Waals surface area contributed by atoms with Crippen molar-refractivity contribution in [2.45, 2.75) is 31.7 Å². The van der Waals surface area contributed by atoms with Crippen molar-refractivity contribution in [1.82, 2.24) is 19.7 Å². The number of carboxylic acid groups (broad SMARTS) is 1. The lowest BCUT2D eigenvalue weighted by atomic mass is 9.86. The van der Waals surface area contributed by atoms with Crippen LogP contribution in [0, 0.1) is 5.92 Å². The zero-order chi connectivity index (χ0) is 22.2. The third-order valence-corrected chi connectivity index (χ3v) is 6.83. The molecule has 0 aliphatic heterocycles. The van der Waals surface area contributed by atoms with E-state index in [9.17, 15) is 14.4 Å². The van der Waals surface area contributed by atoms with Crippen molar-refractivity contribution in [1.29, 1.82) is 0 Å². The molecule has 8 nitrogen and oxygen atoms in total. The van der Waals surface area contributed by atoms with Gasteiger partial charge in [-0.3, -0.25) is 23.8 Å². The van der Waals surface area contributed by atoms with E-state index in [0.717, 1.165) is 10.4 Å². The van der Waals surface area contributed by atoms with Crippen LogP contribution in [0.4, 0.5) is 0 Å². The van der Waals surface area contributed by atoms with Crippen molar-refractivity contribution in [3.8, 4) is 10.4 Å². The molecule has 0 radical (unpaired) electrons. The second kappa shape index (κ2) is 8.16. The highest BCUT2D eigenvalue weighted by atomic mass is 32.1. The van der Waals surface area contributed by atoms with Crippen molar-refractivity contribution in [2.24, 2.45) is 5.92 Å². The molecule has 2 N–H and O–H groups in total. The SMILES string of the molecule is O=C(N[C@H]1CC[C@@H](C(=O)O)CC1)c1cccn2c(=O)c3cc(-c4cncs4)ccc3nc12. The van der Waals surface area contributed by atoms with Gasteiger partial charge in [-0.1, -0.05) is 6.07 Å². The van der Waals surface area contributed by atoms with E-state index < -0.39 is 5.97 Å². The molecule has 1 aliphatic carbocycles. The van der Waals surface area contributed by atoms with Crippen molar-refractivity contribution in [2.75, 3.05) is 0 Å². The average Bonchev–Trinajstić information content (AvgIpc) is 3.34. The maximum atomic E-state index is 13.2. The number of benzene rings is 1. The normalized spacial score (nSPS) is 18.6. The number of fused-ring (bicyclic) bond motifs is 2. The molecule has 3 aromatic heterocycles. The van der Waals surface area contributed by atoms with E-state index in [2.05, 4.69) is 15.3 Å². The van der Waals surface area contributed by atoms with Gasteiger partial charge < -0.3 is 10.4 Å². The molecular weight excluding hydrogens is 428 g/mol. The van der Waals surface area contributed by atoms with Gasteiger partial charge in [0.05, 0.1) is 32.8 Å². The van der Waals surface area contributed by atoms with Gasteiger partial charge in [0.25, 0.3) is 11.5 Å². The summed E-state index contributed by atoms with van der Waals surface area (Å²) in [6.07, 6.45) is 5.68. The first-order valence-corrected chi connectivity index (χ1v) is 11.3. The van der Waals surface area contributed by atoms with Gasteiger partial charge in [-0.05, 0) is 55.5 Å². The Morgan fingerprint density at radius 3 is 2.69 bits per heavy atom. The number of nitrogens with one attached hydrogen (secondary N) is 1. The minimum absolute atomic E-state index is 0.0903. The van der Waals surface area contributed by atoms with Gasteiger partial charge in [0, 0.05) is 18.4 Å². The fraction of sp³-hybridized carbons (Fsp3) is 0.261. The summed E-state index contributed by atoms with van der Waals surface area (Å²) in [6.45, 7) is 0. The second-order valence-electron chi connectivity index (χ2n) is 7.99. The summed E-state index contributed by atoms with van der Waals surface area (Å²) in [6, 6.07) is 8.70. The number of amides is 1. The number of carboxylic acids is 1. The topological polar surface area (TPSA) is 114 Å². The highest BCUT2D eigenvalue weighted by Gasteiger charge is 2.27. The molecule has 0 spiro atoms. The minimum Gasteiger partial charge on any atom is -0.481 e. The molecule has 9 heteroatoms. The Bertz CT molecular complexity index is 1390. The highest BCUT2D eigenvalue weighted by Crippen LogP contribution is 2.27. The number of thiazole rings is 1. The molecule has 162 valence electrons. The lowest BCUT2D eigenvalue weighted by Gasteiger charge is -2.26. The molecule has 1 fully saturated rings. The van der Waals surface area contributed by atoms with Crippen molar-refractivity contribution < 1.29 is 14.7 Å². The van der Waals surface area contributed by atoms with E-state index in [-0.39, 0.29) is 23.4 Å². The monoisotopic (exact) mass is 448 g/mol. The fourth-order valence-corrected chi connectivity index (χ4v) is 4.88. The molecule has 32 heavy (non-hydrogen) atoms. The number of hydrogen-bond acceptors (Lipinski definition) is 6. The summed E-state index contributed by atoms with van der Waals surface area (Å²) in [5, 5.41) is 12.6. The molecule has 3 heterocycles. The average molecular weight is 449 g/mol. The molecule has 0 bridgehead atoms. The standard InChI is InChI=1S/C23H20N4O4S/c28-21(25-15-6-3-13(4-7-15)23(30)31)16-2-1-9-27-20(16)26-18-8-5-14(10-17(18)22(27)29)19-11-24-12-32-19/h1-2,5,8-13,15H,3-4,6-7H2,(H,25,28)(H,30,31)/t13-,15+. The van der Waals surface area contributed by atoms with Crippen molar-refractivity contribution in [3.05, 3.63) is 64.2 Å². The van der Waals surface area contributed by atoms with Gasteiger partial charge in [0.15, 0.2) is 5.65 Å². The summed E-state index contributed by atoms with van der Waals surface area (Å²) in [7, 11) is 0. The van der Waals surface area contributed by atoms with E-state index in [1.807, 2.05) is 6.07 Å². The Morgan fingerprint density at radius 1 is 1.16 bits per heavy atom. The van der Waals surface area contributed by atoms with Crippen LogP contribution in [-0.2, 0) is 4.79 Å². The quantitative estimate of drug-likeness (QED) is 0.463. The van der Waals surface area contributed by atoms with E-state index in [1.54, 1.807) is 42.2 Å². The predicted octanol–water partition coefficient (Wildman–Crippen LogP) is 3.34. The number of aliphatic carboxylic acids is 1. The predicted molar refractivity (Wildman–Crippen MR) is 121 cm³/mol. The van der Waals surface area contributed by atoms with Gasteiger partial charge in [-0.15, -0.1) is 11.3 Å². The molecule has 0 atom stereocenters. The fourth-order valence-electron chi connectivity index (χ4n) is 4.26. The molecule has 1 saturated carbocycles. The van der Waals surface area contributed by atoms with Crippen LogP contribution in [0.5, 0.6) is 0 Å². The van der Waals surface area contributed by atoms with Crippen molar-refractivity contribution >= 4 is 39.8 Å². The number of hydrogen-bond donors (Lipinski definition) is 2. The third-order valence-electron chi connectivity index (χ3n) is 6.01. The summed E-state index contributed by atoms with van der Waals surface area (Å²) >= 11 is 1.49. The summed E-state index contributed by atoms with van der Waals surface area (Å²) in [4.78, 5) is 47.0. The number of carbonyl (C=O) groups is 2. The number of rotatable bonds is 4. The largest absolute Gasteiger partial charge is 0.481 e. The highest BCUT2D eigenvalue weighted by molar-refractivity contribution is 7.13. The van der Waals surface area contributed by atoms with E-state index >= 15 is 0 Å². The van der Waals surface area contributed by atoms with Crippen LogP contribution >= 0.6 is 11.3 Å². The maximum Gasteiger partial charge on any atom is 0.306 e. The summed E-state index contributed by atoms with van der Waals surface area (Å²) < 4.78 is 1.40. The molecule has 0 unspecified atom stereocenters. The second-order valence-corrected chi connectivity index (χ2v) is 8.88. The Kier molecular flexibility index (Phi) is 5.18. The van der Waals surface area contributed by atoms with Crippen LogP contribution in [0.25, 0.3) is 27.0 Å². The zero-order valence-electron chi connectivity index (χ0n) is 17.0. The van der Waals surface area contributed by atoms with Gasteiger partial charge in [0.2, 0.25) is 0 Å². The first-order valence-electron chi connectivity index (χ1n) is 10.4. The maximum absolute atomic E-state index is 13.2. The number of nitrogens with zero attached hydrogens (tertiary/aromatic N) is 3. The summed E-state index contributed by atoms with van der Waals surface area (Å²) in [5.41, 5.74) is 3.53. The molecule has 1 aromatic carbocycles. The van der Waals surface area contributed by atoms with E-state index in [0.29, 0.717) is 47.8 Å². The van der Waals surface area contributed by atoms with Crippen LogP contribution < -0.4 is 10.9 Å². The van der Waals surface area contributed by atoms with Crippen LogP contribution in [-0.4, -0.2) is 37.4 Å². The smallest absolute Gasteiger partial charge is 0.306 e. The first-order chi connectivity index (χ1) is 15.5. The third kappa shape index (κ3) is 3.64. The van der Waals surface area contributed by atoms with Gasteiger partial charge in [-0.2, -0.15) is 0 Å².